The average molecular weight is 206 g/mol. The van der Waals surface area contributed by atoms with Gasteiger partial charge < -0.3 is 15.4 Å². The van der Waals surface area contributed by atoms with Gasteiger partial charge in [0, 0.05) is 21.0 Å². The summed E-state index contributed by atoms with van der Waals surface area (Å²) in [6.45, 7) is 4.76. The lowest BCUT2D eigenvalue weighted by atomic mass is 10.7. The van der Waals surface area contributed by atoms with Gasteiger partial charge in [-0.2, -0.15) is 0 Å². The van der Waals surface area contributed by atoms with Crippen LogP contribution in [-0.4, -0.2) is 31.3 Å². The van der Waals surface area contributed by atoms with E-state index in [-0.39, 0.29) is 5.91 Å². The molecule has 0 saturated heterocycles. The van der Waals surface area contributed by atoms with Gasteiger partial charge >= 0.3 is 0 Å². The zero-order chi connectivity index (χ0) is 11.3. The quantitative estimate of drug-likeness (QED) is 0.448. The number of hydrogen-bond donors (Lipinski definition) is 2. The standard InChI is InChI=1S/C3H7NO.C3H7NS.C2H4O/c2*1-3(5)4-2;1-2-3/h2*1-2H3,(H,4,5);2H,1H3. The number of nitrogens with one attached hydrogen (secondary N) is 2. The van der Waals surface area contributed by atoms with Crippen LogP contribution in [-0.2, 0) is 9.59 Å². The maximum absolute atomic E-state index is 9.70. The molecule has 0 aromatic rings. The van der Waals surface area contributed by atoms with E-state index >= 15 is 0 Å². The van der Waals surface area contributed by atoms with Crippen LogP contribution in [0.1, 0.15) is 20.8 Å². The average Bonchev–Trinajstić information content (AvgIpc) is 2.07. The first-order valence-corrected chi connectivity index (χ1v) is 4.13. The van der Waals surface area contributed by atoms with Crippen molar-refractivity contribution >= 4 is 29.4 Å². The zero-order valence-electron chi connectivity index (χ0n) is 8.80. The monoisotopic (exact) mass is 206 g/mol. The van der Waals surface area contributed by atoms with Crippen LogP contribution in [0.4, 0.5) is 0 Å². The molecule has 0 spiro atoms. The van der Waals surface area contributed by atoms with E-state index in [1.54, 1.807) is 7.05 Å². The number of carbonyl (C=O) groups is 2. The molecule has 1 amide bonds. The maximum Gasteiger partial charge on any atom is 0.216 e. The Morgan fingerprint density at radius 2 is 1.38 bits per heavy atom. The third-order valence-corrected chi connectivity index (χ3v) is 0.908. The summed E-state index contributed by atoms with van der Waals surface area (Å²) in [5.41, 5.74) is 0. The highest BCUT2D eigenvalue weighted by atomic mass is 32.1. The van der Waals surface area contributed by atoms with Gasteiger partial charge in [0.1, 0.15) is 6.29 Å². The van der Waals surface area contributed by atoms with Gasteiger partial charge in [0.2, 0.25) is 5.91 Å². The molecule has 0 fully saturated rings. The molecule has 0 atom stereocenters. The molecule has 0 aliphatic heterocycles. The third kappa shape index (κ3) is 98.0. The maximum atomic E-state index is 9.70. The number of aldehydes is 1. The summed E-state index contributed by atoms with van der Waals surface area (Å²) < 4.78 is 0. The van der Waals surface area contributed by atoms with Crippen LogP contribution in [0, 0.1) is 0 Å². The molecule has 0 unspecified atom stereocenters. The van der Waals surface area contributed by atoms with E-state index in [0.29, 0.717) is 0 Å². The van der Waals surface area contributed by atoms with Gasteiger partial charge in [0.05, 0.1) is 4.99 Å². The van der Waals surface area contributed by atoms with Gasteiger partial charge in [-0.05, 0) is 13.8 Å². The number of rotatable bonds is 0. The first kappa shape index (κ1) is 17.9. The Hall–Kier alpha value is -0.970. The van der Waals surface area contributed by atoms with E-state index in [1.165, 1.54) is 13.8 Å². The van der Waals surface area contributed by atoms with Gasteiger partial charge in [-0.25, -0.2) is 0 Å². The summed E-state index contributed by atoms with van der Waals surface area (Å²) in [5, 5.41) is 5.15. The molecule has 4 nitrogen and oxygen atoms in total. The fourth-order valence-corrected chi connectivity index (χ4v) is 0. The number of amides is 1. The number of hydrogen-bond acceptors (Lipinski definition) is 3. The lowest BCUT2D eigenvalue weighted by molar-refractivity contribution is -0.118. The van der Waals surface area contributed by atoms with Crippen molar-refractivity contribution in [1.82, 2.24) is 10.6 Å². The summed E-state index contributed by atoms with van der Waals surface area (Å²) in [4.78, 5) is 19.3. The molecule has 0 saturated carbocycles. The molecule has 0 radical (unpaired) electrons. The van der Waals surface area contributed by atoms with Crippen LogP contribution in [0.25, 0.3) is 0 Å². The van der Waals surface area contributed by atoms with Gasteiger partial charge in [0.15, 0.2) is 0 Å². The number of thiocarbonyl (C=S) groups is 1. The predicted octanol–water partition coefficient (Wildman–Crippen LogP) is 0.511. The van der Waals surface area contributed by atoms with Gasteiger partial charge in [0.25, 0.3) is 0 Å². The van der Waals surface area contributed by atoms with Crippen LogP contribution >= 0.6 is 12.2 Å². The molecule has 0 aromatic heterocycles. The number of carbonyl (C=O) groups excluding carboxylic acids is 2. The normalized spacial score (nSPS) is 6.23. The minimum absolute atomic E-state index is 0.00463. The first-order chi connectivity index (χ1) is 5.95. The molecular formula is C8H18N2O2S. The van der Waals surface area contributed by atoms with E-state index in [9.17, 15) is 4.79 Å². The summed E-state index contributed by atoms with van der Waals surface area (Å²) in [6, 6.07) is 0. The Kier molecular flexibility index (Phi) is 23.8. The Balaban J connectivity index is -0.000000120. The highest BCUT2D eigenvalue weighted by molar-refractivity contribution is 7.80. The lowest BCUT2D eigenvalue weighted by Crippen LogP contribution is -2.11. The van der Waals surface area contributed by atoms with Crippen LogP contribution < -0.4 is 10.6 Å². The lowest BCUT2D eigenvalue weighted by Gasteiger charge is -1.84. The van der Waals surface area contributed by atoms with Gasteiger partial charge in [-0.15, -0.1) is 0 Å². The van der Waals surface area contributed by atoms with Crippen molar-refractivity contribution in [2.75, 3.05) is 14.1 Å². The van der Waals surface area contributed by atoms with Crippen molar-refractivity contribution in [3.63, 3.8) is 0 Å². The van der Waals surface area contributed by atoms with E-state index in [1.807, 2.05) is 14.0 Å². The van der Waals surface area contributed by atoms with Crippen LogP contribution in [0.2, 0.25) is 0 Å². The first-order valence-electron chi connectivity index (χ1n) is 3.72. The Morgan fingerprint density at radius 3 is 1.38 bits per heavy atom. The van der Waals surface area contributed by atoms with Crippen molar-refractivity contribution in [2.45, 2.75) is 20.8 Å². The van der Waals surface area contributed by atoms with Crippen LogP contribution in [0.3, 0.4) is 0 Å². The molecule has 78 valence electrons. The van der Waals surface area contributed by atoms with Crippen LogP contribution in [0.15, 0.2) is 0 Å². The van der Waals surface area contributed by atoms with Crippen molar-refractivity contribution in [2.24, 2.45) is 0 Å². The molecular weight excluding hydrogens is 188 g/mol. The molecule has 5 heteroatoms. The second-order valence-electron chi connectivity index (χ2n) is 1.85. The Morgan fingerprint density at radius 1 is 1.23 bits per heavy atom. The Labute approximate surface area is 85.1 Å². The van der Waals surface area contributed by atoms with Crippen molar-refractivity contribution in [3.05, 3.63) is 0 Å². The third-order valence-electron chi connectivity index (χ3n) is 0.704. The van der Waals surface area contributed by atoms with Gasteiger partial charge in [-0.3, -0.25) is 4.79 Å². The minimum Gasteiger partial charge on any atom is -0.383 e. The smallest absolute Gasteiger partial charge is 0.216 e. The van der Waals surface area contributed by atoms with E-state index in [0.717, 1.165) is 11.3 Å². The SMILES string of the molecule is CC=O.CNC(C)=O.CNC(C)=S. The minimum atomic E-state index is 0.00463. The van der Waals surface area contributed by atoms with Gasteiger partial charge in [-0.1, -0.05) is 12.2 Å². The molecule has 0 rings (SSSR count). The Bertz CT molecular complexity index is 135. The zero-order valence-corrected chi connectivity index (χ0v) is 9.62. The summed E-state index contributed by atoms with van der Waals surface area (Å²) in [6.07, 6.45) is 0.750. The molecule has 0 bridgehead atoms. The summed E-state index contributed by atoms with van der Waals surface area (Å²) in [7, 11) is 3.41. The molecule has 0 aromatic carbocycles. The molecule has 0 aliphatic carbocycles. The highest BCUT2D eigenvalue weighted by Gasteiger charge is 1.72. The van der Waals surface area contributed by atoms with Crippen molar-refractivity contribution in [1.29, 1.82) is 0 Å². The predicted molar refractivity (Wildman–Crippen MR) is 58.8 cm³/mol. The molecule has 13 heavy (non-hydrogen) atoms. The van der Waals surface area contributed by atoms with Crippen molar-refractivity contribution < 1.29 is 9.59 Å². The van der Waals surface area contributed by atoms with E-state index < -0.39 is 0 Å². The van der Waals surface area contributed by atoms with E-state index in [4.69, 9.17) is 4.79 Å². The molecule has 2 N–H and O–H groups in total. The second-order valence-corrected chi connectivity index (χ2v) is 2.46. The van der Waals surface area contributed by atoms with Crippen molar-refractivity contribution in [3.8, 4) is 0 Å². The second kappa shape index (κ2) is 17.2. The highest BCUT2D eigenvalue weighted by Crippen LogP contribution is 1.56. The van der Waals surface area contributed by atoms with Crippen LogP contribution in [0.5, 0.6) is 0 Å². The molecule has 0 aliphatic rings. The molecule has 0 heterocycles. The van der Waals surface area contributed by atoms with E-state index in [2.05, 4.69) is 22.9 Å². The fraction of sp³-hybridized carbons (Fsp3) is 0.625. The topological polar surface area (TPSA) is 58.2 Å². The largest absolute Gasteiger partial charge is 0.383 e. The fourth-order valence-electron chi connectivity index (χ4n) is 0. The summed E-state index contributed by atoms with van der Waals surface area (Å²) in [5.74, 6) is 0.00463. The summed E-state index contributed by atoms with van der Waals surface area (Å²) >= 11 is 4.59.